The molecule has 4 atom stereocenters. The van der Waals surface area contributed by atoms with Crippen LogP contribution < -0.4 is 11.1 Å². The molecule has 0 aliphatic rings. The lowest BCUT2D eigenvalue weighted by Gasteiger charge is -2.29. The first-order valence-electron chi connectivity index (χ1n) is 21.9. The van der Waals surface area contributed by atoms with Gasteiger partial charge in [-0.25, -0.2) is 28.1 Å². The molecule has 1 heterocycles. The van der Waals surface area contributed by atoms with Gasteiger partial charge >= 0.3 is 36.3 Å². The Morgan fingerprint density at radius 2 is 1.36 bits per heavy atom. The number of amides is 1. The molecule has 0 saturated heterocycles. The molecular weight excluding hydrogens is 1050 g/mol. The van der Waals surface area contributed by atoms with E-state index in [1.165, 1.54) is 48.7 Å². The molecule has 0 bridgehead atoms. The van der Waals surface area contributed by atoms with Gasteiger partial charge < -0.3 is 49.8 Å². The topological polar surface area (TPSA) is 284 Å². The van der Waals surface area contributed by atoms with Gasteiger partial charge in [-0.15, -0.1) is 13.2 Å². The number of aliphatic hydroxyl groups is 2. The number of nitrogens with zero attached hydrogens (tertiary/aromatic N) is 2. The zero-order valence-corrected chi connectivity index (χ0v) is 47.1. The van der Waals surface area contributed by atoms with E-state index in [4.69, 9.17) is 46.5 Å². The number of nitrogens with two attached hydrogens (primary N) is 1. The number of pyridine rings is 1. The van der Waals surface area contributed by atoms with Crippen LogP contribution in [0.1, 0.15) is 93.6 Å². The van der Waals surface area contributed by atoms with Gasteiger partial charge in [0.1, 0.15) is 46.9 Å². The number of carboxylic acids is 2. The Morgan fingerprint density at radius 3 is 1.82 bits per heavy atom. The number of nitrogens with one attached hydrogen (secondary N) is 1. The van der Waals surface area contributed by atoms with Crippen LogP contribution in [0.2, 0.25) is 5.02 Å². The largest absolute Gasteiger partial charge is 0.519 e. The number of ether oxygens (including phenoxy) is 5. The van der Waals surface area contributed by atoms with Crippen molar-refractivity contribution >= 4 is 105 Å². The van der Waals surface area contributed by atoms with Crippen LogP contribution in [0.5, 0.6) is 0 Å². The lowest BCUT2D eigenvalue weighted by Crippen LogP contribution is -2.39. The summed E-state index contributed by atoms with van der Waals surface area (Å²) in [7, 11) is 1.71. The predicted octanol–water partition coefficient (Wildman–Crippen LogP) is 9.14. The van der Waals surface area contributed by atoms with E-state index >= 15 is 0 Å². The summed E-state index contributed by atoms with van der Waals surface area (Å²) in [5.74, 6) is -3.98. The molecule has 25 heteroatoms. The van der Waals surface area contributed by atoms with Crippen molar-refractivity contribution < 1.29 is 81.7 Å². The van der Waals surface area contributed by atoms with Gasteiger partial charge in [0.15, 0.2) is 0 Å². The number of hydrogen-bond acceptors (Lipinski definition) is 16. The van der Waals surface area contributed by atoms with E-state index in [0.717, 1.165) is 0 Å². The zero-order chi connectivity index (χ0) is 54.9. The number of aliphatic hydroxyl groups excluding tert-OH is 2. The van der Waals surface area contributed by atoms with Gasteiger partial charge in [0.2, 0.25) is 0 Å². The average molecular weight is 1130 g/mol. The maximum Gasteiger partial charge on any atom is 0.519 e. The normalized spacial score (nSPS) is 12.3. The summed E-state index contributed by atoms with van der Waals surface area (Å²) < 4.78 is 51.3. The SMILES string of the molecule is C=CC[C@H](CC(=O)OC(C)(C)C)C(=O)O.C=CC[C@H](N)C(=O)O.CC(C)(C)OC(=O)OC(=O)OC(C)(C)C.CN(Cc1cccc(F)c1Cl)[C@H](COC(=O)Nc1cc2cc(F)ccc2cn1)CC(O)CO.S.S.S. The van der Waals surface area contributed by atoms with Gasteiger partial charge in [-0.3, -0.25) is 24.6 Å². The van der Waals surface area contributed by atoms with E-state index < -0.39 is 95.5 Å². The van der Waals surface area contributed by atoms with Gasteiger partial charge in [0.05, 0.1) is 30.1 Å². The third-order valence-corrected chi connectivity index (χ3v) is 8.89. The average Bonchev–Trinajstić information content (AvgIpc) is 3.22. The van der Waals surface area contributed by atoms with Gasteiger partial charge in [0, 0.05) is 24.2 Å². The summed E-state index contributed by atoms with van der Waals surface area (Å²) in [4.78, 5) is 72.2. The fourth-order valence-corrected chi connectivity index (χ4v) is 5.46. The molecule has 1 unspecified atom stereocenters. The molecule has 0 spiro atoms. The van der Waals surface area contributed by atoms with Crippen LogP contribution in [0, 0.1) is 17.6 Å². The molecular formula is C49H75ClF2N4O15S3. The third kappa shape index (κ3) is 35.1. The van der Waals surface area contributed by atoms with E-state index in [1.54, 1.807) is 86.4 Å². The predicted molar refractivity (Wildman–Crippen MR) is 293 cm³/mol. The zero-order valence-electron chi connectivity index (χ0n) is 43.3. The summed E-state index contributed by atoms with van der Waals surface area (Å²) in [6.07, 6.45) is 1.11. The fourth-order valence-electron chi connectivity index (χ4n) is 5.27. The summed E-state index contributed by atoms with van der Waals surface area (Å²) in [5.41, 5.74) is 3.62. The molecule has 0 aliphatic carbocycles. The third-order valence-electron chi connectivity index (χ3n) is 8.47. The van der Waals surface area contributed by atoms with Crippen LogP contribution >= 0.6 is 52.1 Å². The number of allylic oxidation sites excluding steroid dienone is 1. The molecule has 3 rings (SSSR count). The molecule has 2 aromatic carbocycles. The highest BCUT2D eigenvalue weighted by Gasteiger charge is 2.26. The number of likely N-dealkylation sites (N-methyl/N-ethyl adjacent to an activating group) is 1. The summed E-state index contributed by atoms with van der Waals surface area (Å²) in [5, 5.41) is 39.8. The van der Waals surface area contributed by atoms with Crippen molar-refractivity contribution in [2.75, 3.05) is 25.6 Å². The van der Waals surface area contributed by atoms with Crippen molar-refractivity contribution in [1.82, 2.24) is 9.88 Å². The Bertz CT molecular complexity index is 2220. The number of carbonyl (C=O) groups excluding carboxylic acids is 4. The van der Waals surface area contributed by atoms with Crippen LogP contribution in [-0.2, 0) is 44.6 Å². The number of anilines is 1. The fraction of sp³-hybridized carbons (Fsp3) is 0.490. The number of esters is 1. The Morgan fingerprint density at radius 1 is 0.824 bits per heavy atom. The van der Waals surface area contributed by atoms with Crippen molar-refractivity contribution in [2.24, 2.45) is 11.7 Å². The van der Waals surface area contributed by atoms with E-state index in [2.05, 4.69) is 28.2 Å². The minimum Gasteiger partial charge on any atom is -0.481 e. The first-order valence-corrected chi connectivity index (χ1v) is 22.3. The van der Waals surface area contributed by atoms with Crippen molar-refractivity contribution in [3.63, 3.8) is 0 Å². The van der Waals surface area contributed by atoms with Crippen molar-refractivity contribution in [2.45, 2.75) is 130 Å². The van der Waals surface area contributed by atoms with Crippen molar-refractivity contribution in [1.29, 1.82) is 0 Å². The molecule has 19 nitrogen and oxygen atoms in total. The second kappa shape index (κ2) is 36.7. The minimum atomic E-state index is -1.06. The summed E-state index contributed by atoms with van der Waals surface area (Å²) in [6, 6.07) is 8.91. The quantitative estimate of drug-likeness (QED) is 0.0318. The molecule has 0 saturated carbocycles. The second-order valence-electron chi connectivity index (χ2n) is 18.5. The highest BCUT2D eigenvalue weighted by atomic mass is 35.5. The maximum atomic E-state index is 13.7. The van der Waals surface area contributed by atoms with Gasteiger partial charge in [-0.2, -0.15) is 40.5 Å². The number of aromatic nitrogens is 1. The lowest BCUT2D eigenvalue weighted by molar-refractivity contribution is -0.159. The van der Waals surface area contributed by atoms with Gasteiger partial charge in [-0.1, -0.05) is 35.9 Å². The van der Waals surface area contributed by atoms with E-state index in [9.17, 15) is 47.8 Å². The first kappa shape index (κ1) is 75.3. The monoisotopic (exact) mass is 1130 g/mol. The number of benzene rings is 2. The van der Waals surface area contributed by atoms with E-state index in [1.807, 2.05) is 0 Å². The highest BCUT2D eigenvalue weighted by Crippen LogP contribution is 2.23. The molecule has 7 N–H and O–H groups in total. The molecule has 0 fully saturated rings. The molecule has 0 radical (unpaired) electrons. The van der Waals surface area contributed by atoms with Crippen LogP contribution in [0.4, 0.5) is 29.0 Å². The Balaban J connectivity index is -0.000000502. The van der Waals surface area contributed by atoms with Gasteiger partial charge in [0.25, 0.3) is 0 Å². The molecule has 74 heavy (non-hydrogen) atoms. The lowest BCUT2D eigenvalue weighted by atomic mass is 10.0. The molecule has 420 valence electrons. The van der Waals surface area contributed by atoms with Crippen molar-refractivity contribution in [3.05, 3.63) is 96.2 Å². The highest BCUT2D eigenvalue weighted by molar-refractivity contribution is 7.59. The first-order chi connectivity index (χ1) is 32.7. The standard InChI is InChI=1S/C23H24ClF2N3O4.C11H18O4.C10H18O5.C5H9NO2.3H2S/c1-29(11-15-3-2-4-20(26)22(15)24)18(9-19(31)12-30)13-33-23(32)28-21-8-16-7-17(25)6-5-14(16)10-27-21;1-5-6-8(10(13)14)7-9(12)15-11(2,3)4;1-9(2,3)14-7(11)13-8(12)15-10(4,5)6;1-2-3-4(6)5(7)8;;;/h2-8,10,18-19,30-31H,9,11-13H2,1H3,(H,27,28,32);5,8H,1,6-7H2,2-4H3,(H,13,14);1-6H3;2,4H,1,3,6H2,(H,7,8);3*1H2/t18-,19?;8-;;4-;;;/m01.0.../s1. The minimum absolute atomic E-state index is 0. The molecule has 0 aliphatic heterocycles. The maximum absolute atomic E-state index is 13.7. The number of carboxylic acid groups (broad SMARTS) is 2. The molecule has 1 aromatic heterocycles. The van der Waals surface area contributed by atoms with Gasteiger partial charge in [-0.05, 0) is 130 Å². The molecule has 3 aromatic rings. The number of aliphatic carboxylic acids is 2. The van der Waals surface area contributed by atoms with Crippen LogP contribution in [0.15, 0.2) is 74.0 Å². The van der Waals surface area contributed by atoms with E-state index in [-0.39, 0.29) is 83.7 Å². The van der Waals surface area contributed by atoms with Crippen molar-refractivity contribution in [3.8, 4) is 0 Å². The number of hydrogen-bond donors (Lipinski definition) is 6. The van der Waals surface area contributed by atoms with Crippen LogP contribution in [0.3, 0.4) is 0 Å². The number of halogens is 3. The summed E-state index contributed by atoms with van der Waals surface area (Å²) in [6.45, 7) is 21.7. The summed E-state index contributed by atoms with van der Waals surface area (Å²) >= 11 is 6.03. The molecule has 1 amide bonds. The number of fused-ring (bicyclic) bond motifs is 1. The smallest absolute Gasteiger partial charge is 0.481 e. The number of rotatable bonds is 17. The van der Waals surface area contributed by atoms with Crippen LogP contribution in [-0.4, -0.2) is 122 Å². The second-order valence-corrected chi connectivity index (χ2v) is 18.9. The van der Waals surface area contributed by atoms with Crippen LogP contribution in [0.25, 0.3) is 10.8 Å². The Hall–Kier alpha value is -5.21. The van der Waals surface area contributed by atoms with E-state index in [0.29, 0.717) is 22.8 Å². The Labute approximate surface area is 457 Å². The Kier molecular flexibility index (Phi) is 37.3. The number of carbonyl (C=O) groups is 6.